The van der Waals surface area contributed by atoms with Crippen LogP contribution in [-0.4, -0.2) is 59.2 Å². The lowest BCUT2D eigenvalue weighted by atomic mass is 10.1. The largest absolute Gasteiger partial charge is 0.396 e. The third-order valence-electron chi connectivity index (χ3n) is 3.16. The van der Waals surface area contributed by atoms with E-state index in [9.17, 15) is 4.79 Å². The number of amides is 1. The van der Waals surface area contributed by atoms with Crippen LogP contribution in [0, 0.1) is 5.92 Å². The van der Waals surface area contributed by atoms with Gasteiger partial charge in [0, 0.05) is 45.1 Å². The monoisotopic (exact) mass is 250 g/mol. The van der Waals surface area contributed by atoms with E-state index < -0.39 is 0 Å². The summed E-state index contributed by atoms with van der Waals surface area (Å²) in [5, 5.41) is 9.06. The van der Waals surface area contributed by atoms with E-state index in [1.807, 2.05) is 0 Å². The fourth-order valence-corrected chi connectivity index (χ4v) is 2.07. The second kappa shape index (κ2) is 5.77. The Morgan fingerprint density at radius 3 is 2.89 bits per heavy atom. The number of anilines is 1. The van der Waals surface area contributed by atoms with Crippen molar-refractivity contribution < 1.29 is 9.90 Å². The molecule has 2 heterocycles. The molecule has 0 saturated carbocycles. The van der Waals surface area contributed by atoms with Crippen molar-refractivity contribution in [2.24, 2.45) is 5.92 Å². The molecule has 1 amide bonds. The predicted octanol–water partition coefficient (Wildman–Crippen LogP) is -0.246. The Morgan fingerprint density at radius 2 is 2.28 bits per heavy atom. The molecule has 18 heavy (non-hydrogen) atoms. The molecular weight excluding hydrogens is 232 g/mol. The molecule has 0 aromatic carbocycles. The van der Waals surface area contributed by atoms with Crippen LogP contribution in [0.25, 0.3) is 0 Å². The van der Waals surface area contributed by atoms with Gasteiger partial charge >= 0.3 is 0 Å². The number of carbonyl (C=O) groups excluding carboxylic acids is 1. The molecule has 1 fully saturated rings. The second-order valence-corrected chi connectivity index (χ2v) is 4.58. The van der Waals surface area contributed by atoms with E-state index in [0.717, 1.165) is 13.0 Å². The summed E-state index contributed by atoms with van der Waals surface area (Å²) in [5.74, 6) is 0.830. The molecule has 1 aromatic heterocycles. The average molecular weight is 250 g/mol. The zero-order chi connectivity index (χ0) is 13.0. The lowest BCUT2D eigenvalue weighted by Crippen LogP contribution is -2.38. The topological polar surface area (TPSA) is 69.6 Å². The molecular formula is C12H18N4O2. The minimum atomic E-state index is 0.0564. The molecule has 0 bridgehead atoms. The Morgan fingerprint density at radius 1 is 1.56 bits per heavy atom. The molecule has 1 saturated heterocycles. The molecule has 98 valence electrons. The highest BCUT2D eigenvalue weighted by Crippen LogP contribution is 2.15. The van der Waals surface area contributed by atoms with Crippen molar-refractivity contribution >= 4 is 11.9 Å². The summed E-state index contributed by atoms with van der Waals surface area (Å²) in [6, 6.07) is 1.74. The predicted molar refractivity (Wildman–Crippen MR) is 67.1 cm³/mol. The minimum Gasteiger partial charge on any atom is -0.396 e. The number of hydrogen-bond donors (Lipinski definition) is 1. The number of likely N-dealkylation sites (N-methyl/N-ethyl adjacent to an activating group) is 1. The quantitative estimate of drug-likeness (QED) is 0.798. The molecule has 1 aliphatic rings. The molecule has 1 aliphatic heterocycles. The van der Waals surface area contributed by atoms with Gasteiger partial charge in [0.2, 0.25) is 11.9 Å². The lowest BCUT2D eigenvalue weighted by molar-refractivity contribution is -0.128. The van der Waals surface area contributed by atoms with Crippen molar-refractivity contribution in [1.82, 2.24) is 14.9 Å². The van der Waals surface area contributed by atoms with Gasteiger partial charge in [0.25, 0.3) is 0 Å². The standard InChI is InChI=1S/C12H18N4O2/c1-15(12-13-4-2-5-14-12)8-11(18)16-6-3-10(7-16)9-17/h2,4-5,10,17H,3,6-9H2,1H3. The molecule has 6 nitrogen and oxygen atoms in total. The number of likely N-dealkylation sites (tertiary alicyclic amines) is 1. The van der Waals surface area contributed by atoms with E-state index in [2.05, 4.69) is 9.97 Å². The number of hydrogen-bond acceptors (Lipinski definition) is 5. The highest BCUT2D eigenvalue weighted by atomic mass is 16.3. The zero-order valence-corrected chi connectivity index (χ0v) is 10.5. The third kappa shape index (κ3) is 2.95. The first kappa shape index (κ1) is 12.8. The molecule has 0 radical (unpaired) electrons. The van der Waals surface area contributed by atoms with E-state index in [4.69, 9.17) is 5.11 Å². The Kier molecular flexibility index (Phi) is 4.09. The lowest BCUT2D eigenvalue weighted by Gasteiger charge is -2.21. The van der Waals surface area contributed by atoms with Crippen molar-refractivity contribution in [3.05, 3.63) is 18.5 Å². The van der Waals surface area contributed by atoms with Crippen molar-refractivity contribution in [3.8, 4) is 0 Å². The number of aliphatic hydroxyl groups excluding tert-OH is 1. The van der Waals surface area contributed by atoms with Crippen molar-refractivity contribution in [2.45, 2.75) is 6.42 Å². The van der Waals surface area contributed by atoms with Gasteiger partial charge in [-0.2, -0.15) is 0 Å². The SMILES string of the molecule is CN(CC(=O)N1CCC(CO)C1)c1ncccn1. The molecule has 1 unspecified atom stereocenters. The summed E-state index contributed by atoms with van der Waals surface area (Å²) >= 11 is 0. The molecule has 6 heteroatoms. The molecule has 1 atom stereocenters. The summed E-state index contributed by atoms with van der Waals surface area (Å²) in [7, 11) is 1.80. The van der Waals surface area contributed by atoms with Crippen LogP contribution >= 0.6 is 0 Å². The van der Waals surface area contributed by atoms with Crippen molar-refractivity contribution in [1.29, 1.82) is 0 Å². The summed E-state index contributed by atoms with van der Waals surface area (Å²) in [6.45, 7) is 1.80. The third-order valence-corrected chi connectivity index (χ3v) is 3.16. The first-order valence-corrected chi connectivity index (χ1v) is 6.07. The van der Waals surface area contributed by atoms with Crippen LogP contribution in [0.15, 0.2) is 18.5 Å². The second-order valence-electron chi connectivity index (χ2n) is 4.58. The van der Waals surface area contributed by atoms with Gasteiger partial charge in [-0.1, -0.05) is 0 Å². The number of rotatable bonds is 4. The van der Waals surface area contributed by atoms with Crippen LogP contribution in [0.1, 0.15) is 6.42 Å². The van der Waals surface area contributed by atoms with E-state index >= 15 is 0 Å². The Hall–Kier alpha value is -1.69. The molecule has 0 spiro atoms. The molecule has 1 N–H and O–H groups in total. The van der Waals surface area contributed by atoms with Gasteiger partial charge < -0.3 is 14.9 Å². The van der Waals surface area contributed by atoms with E-state index in [1.165, 1.54) is 0 Å². The highest BCUT2D eigenvalue weighted by Gasteiger charge is 2.26. The number of aliphatic hydroxyl groups is 1. The van der Waals surface area contributed by atoms with Gasteiger partial charge in [-0.25, -0.2) is 9.97 Å². The van der Waals surface area contributed by atoms with Crippen LogP contribution in [0.2, 0.25) is 0 Å². The fourth-order valence-electron chi connectivity index (χ4n) is 2.07. The zero-order valence-electron chi connectivity index (χ0n) is 10.5. The summed E-state index contributed by atoms with van der Waals surface area (Å²) in [6.07, 6.45) is 4.19. The number of nitrogens with zero attached hydrogens (tertiary/aromatic N) is 4. The molecule has 2 rings (SSSR count). The maximum absolute atomic E-state index is 12.0. The first-order chi connectivity index (χ1) is 8.70. The Bertz CT molecular complexity index is 398. The van der Waals surface area contributed by atoms with E-state index in [0.29, 0.717) is 12.5 Å². The van der Waals surface area contributed by atoms with Gasteiger partial charge in [-0.15, -0.1) is 0 Å². The summed E-state index contributed by atoms with van der Waals surface area (Å²) < 4.78 is 0. The van der Waals surface area contributed by atoms with Gasteiger partial charge in [0.1, 0.15) is 0 Å². The van der Waals surface area contributed by atoms with Gasteiger partial charge in [-0.05, 0) is 12.5 Å². The first-order valence-electron chi connectivity index (χ1n) is 6.07. The van der Waals surface area contributed by atoms with Crippen LogP contribution in [0.5, 0.6) is 0 Å². The Labute approximate surface area is 106 Å². The number of carbonyl (C=O) groups is 1. The average Bonchev–Trinajstić information content (AvgIpc) is 2.88. The van der Waals surface area contributed by atoms with Crippen LogP contribution < -0.4 is 4.90 Å². The molecule has 0 aliphatic carbocycles. The van der Waals surface area contributed by atoms with Crippen molar-refractivity contribution in [3.63, 3.8) is 0 Å². The van der Waals surface area contributed by atoms with Crippen LogP contribution in [-0.2, 0) is 4.79 Å². The minimum absolute atomic E-state index is 0.0564. The molecule has 1 aromatic rings. The Balaban J connectivity index is 1.88. The summed E-state index contributed by atoms with van der Waals surface area (Å²) in [5.41, 5.74) is 0. The summed E-state index contributed by atoms with van der Waals surface area (Å²) in [4.78, 5) is 23.7. The van der Waals surface area contributed by atoms with E-state index in [-0.39, 0.29) is 25.0 Å². The van der Waals surface area contributed by atoms with Gasteiger partial charge in [0.15, 0.2) is 0 Å². The fraction of sp³-hybridized carbons (Fsp3) is 0.583. The maximum Gasteiger partial charge on any atom is 0.242 e. The normalized spacial score (nSPS) is 19.0. The highest BCUT2D eigenvalue weighted by molar-refractivity contribution is 5.81. The number of aromatic nitrogens is 2. The van der Waals surface area contributed by atoms with Crippen molar-refractivity contribution in [2.75, 3.05) is 38.2 Å². The maximum atomic E-state index is 12.0. The van der Waals surface area contributed by atoms with Crippen LogP contribution in [0.3, 0.4) is 0 Å². The van der Waals surface area contributed by atoms with Gasteiger partial charge in [0.05, 0.1) is 6.54 Å². The smallest absolute Gasteiger partial charge is 0.242 e. The van der Waals surface area contributed by atoms with Crippen LogP contribution in [0.4, 0.5) is 5.95 Å². The van der Waals surface area contributed by atoms with E-state index in [1.54, 1.807) is 35.3 Å². The van der Waals surface area contributed by atoms with Gasteiger partial charge in [-0.3, -0.25) is 4.79 Å².